The van der Waals surface area contributed by atoms with Crippen LogP contribution in [-0.2, 0) is 29.6 Å². The van der Waals surface area contributed by atoms with Gasteiger partial charge in [0.25, 0.3) is 11.8 Å². The average molecular weight is 1030 g/mol. The molecule has 16 nitrogen and oxygen atoms in total. The van der Waals surface area contributed by atoms with E-state index in [-0.39, 0.29) is 30.5 Å². The fourth-order valence-corrected chi connectivity index (χ4v) is 12.2. The molecule has 2 spiro atoms. The predicted molar refractivity (Wildman–Crippen MR) is 262 cm³/mol. The average Bonchev–Trinajstić information content (AvgIpc) is 3.80. The molecular weight excluding hydrogens is 965 g/mol. The van der Waals surface area contributed by atoms with E-state index in [2.05, 4.69) is 33.1 Å². The summed E-state index contributed by atoms with van der Waals surface area (Å²) in [6.45, 7) is 11.7. The number of nitrogens with one attached hydrogen (secondary N) is 2. The van der Waals surface area contributed by atoms with Crippen LogP contribution < -0.4 is 10.6 Å². The Bertz CT molecular complexity index is 2540. The molecule has 0 atom stereocenters. The first-order valence-corrected chi connectivity index (χ1v) is 26.9. The summed E-state index contributed by atoms with van der Waals surface area (Å²) >= 11 is 3.37. The van der Waals surface area contributed by atoms with Gasteiger partial charge in [0.05, 0.1) is 11.1 Å². The molecule has 4 aliphatic heterocycles. The van der Waals surface area contributed by atoms with E-state index in [4.69, 9.17) is 15.1 Å². The molecule has 2 aromatic carbocycles. The number of amides is 2. The lowest BCUT2D eigenvalue weighted by molar-refractivity contribution is -0.125. The molecule has 0 unspecified atom stereocenters. The molecule has 67 heavy (non-hydrogen) atoms. The maximum Gasteiger partial charge on any atom is 0.335 e. The van der Waals surface area contributed by atoms with Gasteiger partial charge in [0.1, 0.15) is 22.7 Å². The third-order valence-corrected chi connectivity index (χ3v) is 18.3. The van der Waals surface area contributed by atoms with Gasteiger partial charge in [-0.2, -0.15) is 8.61 Å². The Morgan fingerprint density at radius 3 is 1.37 bits per heavy atom. The lowest BCUT2D eigenvalue weighted by Crippen LogP contribution is -2.50. The summed E-state index contributed by atoms with van der Waals surface area (Å²) < 4.78 is 53.3. The number of halogens is 1. The van der Waals surface area contributed by atoms with Crippen LogP contribution in [0.4, 0.5) is 0 Å². The molecule has 2 amide bonds. The summed E-state index contributed by atoms with van der Waals surface area (Å²) in [6, 6.07) is 6.37. The normalized spacial score (nSPS) is 21.4. The van der Waals surface area contributed by atoms with Gasteiger partial charge in [-0.15, -0.1) is 0 Å². The number of carboxylic acid groups (broad SMARTS) is 2. The second kappa shape index (κ2) is 21.4. The Morgan fingerprint density at radius 2 is 1.01 bits per heavy atom. The van der Waals surface area contributed by atoms with E-state index in [0.717, 1.165) is 71.2 Å². The van der Waals surface area contributed by atoms with E-state index in [0.29, 0.717) is 72.9 Å². The molecule has 6 aliphatic rings. The van der Waals surface area contributed by atoms with E-state index in [1.54, 1.807) is 26.0 Å². The number of sulfonamides is 2. The second-order valence-corrected chi connectivity index (χ2v) is 23.0. The summed E-state index contributed by atoms with van der Waals surface area (Å²) in [4.78, 5) is 56.6. The van der Waals surface area contributed by atoms with Crippen molar-refractivity contribution in [3.8, 4) is 0 Å². The minimum atomic E-state index is -3.68. The lowest BCUT2D eigenvalue weighted by Gasteiger charge is -2.34. The summed E-state index contributed by atoms with van der Waals surface area (Å²) in [5, 5.41) is 26.0. The van der Waals surface area contributed by atoms with E-state index >= 15 is 0 Å². The van der Waals surface area contributed by atoms with Crippen LogP contribution in [0, 0.1) is 39.5 Å². The van der Waals surface area contributed by atoms with Gasteiger partial charge in [-0.05, 0) is 137 Å². The number of aromatic carboxylic acids is 2. The number of carbonyl (C=O) groups excluding carboxylic acids is 2. The lowest BCUT2D eigenvalue weighted by atomic mass is 9.88. The minimum Gasteiger partial charge on any atom is -0.478 e. The highest BCUT2D eigenvalue weighted by atomic mass is 79.9. The molecule has 2 aliphatic carbocycles. The number of carboxylic acids is 2. The van der Waals surface area contributed by atoms with Crippen LogP contribution in [0.15, 0.2) is 56.1 Å². The van der Waals surface area contributed by atoms with E-state index < -0.39 is 43.1 Å². The summed E-state index contributed by atoms with van der Waals surface area (Å²) in [5.74, 6) is 0.267. The summed E-state index contributed by atoms with van der Waals surface area (Å²) in [6.07, 6.45) is 14.6. The Labute approximate surface area is 402 Å². The molecule has 2 aromatic rings. The summed E-state index contributed by atoms with van der Waals surface area (Å²) in [5.41, 5.74) is 2.91. The van der Waals surface area contributed by atoms with E-state index in [9.17, 15) is 41.1 Å². The molecule has 4 N–H and O–H groups in total. The predicted octanol–water partition coefficient (Wildman–Crippen LogP) is 7.41. The first-order valence-electron chi connectivity index (χ1n) is 23.1. The number of hydrogen-bond acceptors (Lipinski definition) is 10. The van der Waals surface area contributed by atoms with Crippen molar-refractivity contribution >= 4 is 77.5 Å². The van der Waals surface area contributed by atoms with Crippen LogP contribution >= 0.6 is 15.9 Å². The minimum absolute atomic E-state index is 0.0521. The zero-order chi connectivity index (χ0) is 48.9. The van der Waals surface area contributed by atoms with Gasteiger partial charge in [0.2, 0.25) is 20.0 Å². The van der Waals surface area contributed by atoms with Crippen molar-refractivity contribution in [3.05, 3.63) is 85.1 Å². The molecule has 4 heterocycles. The molecule has 2 saturated carbocycles. The van der Waals surface area contributed by atoms with Crippen molar-refractivity contribution in [1.29, 1.82) is 0 Å². The number of aliphatic imine (C=N–C) groups is 2. The zero-order valence-corrected chi connectivity index (χ0v) is 42.0. The molecule has 364 valence electrons. The van der Waals surface area contributed by atoms with Crippen LogP contribution in [0.1, 0.15) is 138 Å². The van der Waals surface area contributed by atoms with Crippen LogP contribution in [0.5, 0.6) is 0 Å². The molecule has 19 heteroatoms. The van der Waals surface area contributed by atoms with Crippen molar-refractivity contribution < 1.29 is 46.2 Å². The van der Waals surface area contributed by atoms with Gasteiger partial charge in [-0.3, -0.25) is 19.6 Å². The van der Waals surface area contributed by atoms with Gasteiger partial charge in [-0.1, -0.05) is 61.0 Å². The topological polar surface area (TPSA) is 232 Å². The number of amidine groups is 2. The van der Waals surface area contributed by atoms with E-state index in [1.807, 2.05) is 13.8 Å². The Morgan fingerprint density at radius 1 is 0.657 bits per heavy atom. The Hall–Kier alpha value is -4.56. The fraction of sp³-hybridized carbons (Fsp3) is 0.542. The van der Waals surface area contributed by atoms with Gasteiger partial charge in [0.15, 0.2) is 0 Å². The van der Waals surface area contributed by atoms with Crippen molar-refractivity contribution in [3.63, 3.8) is 0 Å². The van der Waals surface area contributed by atoms with Gasteiger partial charge in [-0.25, -0.2) is 26.4 Å². The van der Waals surface area contributed by atoms with E-state index in [1.165, 1.54) is 57.9 Å². The molecule has 0 bridgehead atoms. The van der Waals surface area contributed by atoms with Gasteiger partial charge >= 0.3 is 11.9 Å². The molecule has 8 rings (SSSR count). The van der Waals surface area contributed by atoms with Gasteiger partial charge in [0, 0.05) is 53.3 Å². The highest BCUT2D eigenvalue weighted by Gasteiger charge is 2.49. The fourth-order valence-electron chi connectivity index (χ4n) is 9.90. The number of piperidine rings is 2. The number of rotatable bonds is 9. The zero-order valence-electron chi connectivity index (χ0n) is 38.8. The Balaban J connectivity index is 0.000000186. The highest BCUT2D eigenvalue weighted by molar-refractivity contribution is 9.10. The monoisotopic (exact) mass is 1030 g/mol. The molecule has 4 fully saturated rings. The van der Waals surface area contributed by atoms with Crippen molar-refractivity contribution in [1.82, 2.24) is 19.2 Å². The molecule has 0 aromatic heterocycles. The molecule has 0 radical (unpaired) electrons. The maximum atomic E-state index is 13.0. The van der Waals surface area contributed by atoms with Crippen molar-refractivity contribution in [2.45, 2.75) is 129 Å². The van der Waals surface area contributed by atoms with Crippen LogP contribution in [0.3, 0.4) is 0 Å². The third kappa shape index (κ3) is 12.0. The first-order chi connectivity index (χ1) is 31.6. The number of nitrogens with zero attached hydrogens (tertiary/aromatic N) is 4. The molecule has 2 saturated heterocycles. The van der Waals surface area contributed by atoms with Gasteiger partial charge < -0.3 is 20.8 Å². The first kappa shape index (κ1) is 51.8. The standard InChI is InChI=1S/C24H31N3O5S.C15H23N3O3S.C9H9BrO2/c1-16-14-19(22(28)29)15-17(2)20(16)8-13-33(31,32)27-11-9-24(10-12-27)23(30)25-21(26-24)18-6-4-3-5-7-18;1-2-22(20,21)18-10-8-15(9-11-18)14(19)16-13(17-15)12-6-4-3-5-7-12;1-5-3-7(9(11)12)4-6(2)8(5)10/h8,13-15,18H,3-7,9-12H2,1-2H3,(H,28,29)(H,25,26,30);2,12H,1,3-11H2,(H,16,17,19);3-4H,1-2H3,(H,11,12)/b13-8+;;. The summed E-state index contributed by atoms with van der Waals surface area (Å²) in [7, 11) is -7.08. The number of aryl methyl sites for hydroxylation is 4. The van der Waals surface area contributed by atoms with Crippen LogP contribution in [0.25, 0.3) is 6.08 Å². The molecular formula is C48H63BrN6O10S2. The smallest absolute Gasteiger partial charge is 0.335 e. The number of hydrogen-bond donors (Lipinski definition) is 4. The van der Waals surface area contributed by atoms with Crippen molar-refractivity contribution in [2.75, 3.05) is 26.2 Å². The largest absolute Gasteiger partial charge is 0.478 e. The number of carbonyl (C=O) groups is 4. The Kier molecular flexibility index (Phi) is 16.5. The van der Waals surface area contributed by atoms with Crippen LogP contribution in [-0.4, -0.2) is 108 Å². The maximum absolute atomic E-state index is 13.0. The van der Waals surface area contributed by atoms with Crippen molar-refractivity contribution in [2.24, 2.45) is 21.8 Å². The van der Waals surface area contributed by atoms with Crippen LogP contribution in [0.2, 0.25) is 0 Å². The third-order valence-electron chi connectivity index (χ3n) is 13.9. The highest BCUT2D eigenvalue weighted by Crippen LogP contribution is 2.37. The quantitative estimate of drug-likeness (QED) is 0.194. The second-order valence-electron chi connectivity index (χ2n) is 18.6. The number of benzene rings is 2. The SMILES string of the molecule is C=CS(=O)(=O)N1CCC2(CC1)N=C(C1CCCCC1)NC2=O.Cc1cc(C(=O)O)cc(C)c1/C=C/S(=O)(=O)N1CCC2(CC1)N=C(C1CCCCC1)NC2=O.Cc1cc(C(=O)O)cc(C)c1Br.